The van der Waals surface area contributed by atoms with Gasteiger partial charge in [0.05, 0.1) is 5.56 Å². The van der Waals surface area contributed by atoms with Crippen molar-refractivity contribution >= 4 is 5.91 Å². The van der Waals surface area contributed by atoms with Crippen LogP contribution in [0, 0.1) is 5.92 Å². The molecule has 2 unspecified atom stereocenters. The van der Waals surface area contributed by atoms with Gasteiger partial charge in [0, 0.05) is 31.4 Å². The Kier molecular flexibility index (Phi) is 4.84. The molecule has 1 aliphatic rings. The molecule has 0 N–H and O–H groups in total. The number of alkyl halides is 3. The van der Waals surface area contributed by atoms with Crippen molar-refractivity contribution < 1.29 is 18.0 Å². The van der Waals surface area contributed by atoms with Crippen LogP contribution in [0.15, 0.2) is 23.1 Å². The maximum Gasteiger partial charge on any atom is 0.417 e. The summed E-state index contributed by atoms with van der Waals surface area (Å²) in [6.07, 6.45) is -3.85. The number of aromatic nitrogens is 1. The van der Waals surface area contributed by atoms with Gasteiger partial charge in [0.2, 0.25) is 5.91 Å². The minimum Gasteiger partial charge on any atom is -0.339 e. The molecule has 0 radical (unpaired) electrons. The zero-order valence-electron chi connectivity index (χ0n) is 13.3. The standard InChI is InChI=1S/C15H20F3N3O2/c1-10-6-20(8-12(10)19(2)3)14(23)9-21-7-11(15(16,17)18)4-5-13(21)22/h4-5,7,10,12H,6,8-9H2,1-3H3. The first kappa shape index (κ1) is 17.5. The van der Waals surface area contributed by atoms with E-state index < -0.39 is 17.3 Å². The van der Waals surface area contributed by atoms with Gasteiger partial charge in [0.25, 0.3) is 5.56 Å². The van der Waals surface area contributed by atoms with Crippen molar-refractivity contribution in [2.45, 2.75) is 25.7 Å². The van der Waals surface area contributed by atoms with E-state index in [4.69, 9.17) is 0 Å². The van der Waals surface area contributed by atoms with Crippen LogP contribution in [0.5, 0.6) is 0 Å². The molecule has 0 aromatic carbocycles. The Balaban J connectivity index is 2.14. The van der Waals surface area contributed by atoms with Gasteiger partial charge in [-0.1, -0.05) is 6.92 Å². The second-order valence-electron chi connectivity index (χ2n) is 6.19. The topological polar surface area (TPSA) is 45.6 Å². The van der Waals surface area contributed by atoms with Gasteiger partial charge < -0.3 is 14.4 Å². The molecule has 128 valence electrons. The summed E-state index contributed by atoms with van der Waals surface area (Å²) in [5, 5.41) is 0. The zero-order valence-corrected chi connectivity index (χ0v) is 13.3. The Labute approximate surface area is 132 Å². The highest BCUT2D eigenvalue weighted by molar-refractivity contribution is 5.76. The number of carbonyl (C=O) groups is 1. The molecule has 0 saturated carbocycles. The van der Waals surface area contributed by atoms with E-state index in [0.717, 1.165) is 16.7 Å². The van der Waals surface area contributed by atoms with Crippen molar-refractivity contribution in [2.75, 3.05) is 27.2 Å². The van der Waals surface area contributed by atoms with Crippen molar-refractivity contribution in [3.63, 3.8) is 0 Å². The first-order valence-electron chi connectivity index (χ1n) is 7.31. The van der Waals surface area contributed by atoms with Gasteiger partial charge in [-0.05, 0) is 26.1 Å². The smallest absolute Gasteiger partial charge is 0.339 e. The van der Waals surface area contributed by atoms with Crippen LogP contribution in [-0.2, 0) is 17.5 Å². The molecule has 1 amide bonds. The van der Waals surface area contributed by atoms with Crippen molar-refractivity contribution in [2.24, 2.45) is 5.92 Å². The maximum absolute atomic E-state index is 12.7. The predicted molar refractivity (Wildman–Crippen MR) is 78.9 cm³/mol. The molecule has 1 aromatic rings. The van der Waals surface area contributed by atoms with Gasteiger partial charge in [-0.25, -0.2) is 0 Å². The summed E-state index contributed by atoms with van der Waals surface area (Å²) in [7, 11) is 3.85. The molecule has 1 fully saturated rings. The number of pyridine rings is 1. The molecule has 8 heteroatoms. The number of nitrogens with zero attached hydrogens (tertiary/aromatic N) is 3. The summed E-state index contributed by atoms with van der Waals surface area (Å²) in [5.41, 5.74) is -1.56. The van der Waals surface area contributed by atoms with Crippen molar-refractivity contribution in [1.29, 1.82) is 0 Å². The molecular weight excluding hydrogens is 311 g/mol. The average Bonchev–Trinajstić information content (AvgIpc) is 2.82. The lowest BCUT2D eigenvalue weighted by Gasteiger charge is -2.22. The Morgan fingerprint density at radius 1 is 1.30 bits per heavy atom. The molecule has 1 aliphatic heterocycles. The Bertz CT molecular complexity index is 640. The van der Waals surface area contributed by atoms with Crippen LogP contribution in [0.1, 0.15) is 12.5 Å². The van der Waals surface area contributed by atoms with Crippen LogP contribution in [-0.4, -0.2) is 53.5 Å². The predicted octanol–water partition coefficient (Wildman–Crippen LogP) is 1.28. The number of rotatable bonds is 3. The second kappa shape index (κ2) is 6.35. The quantitative estimate of drug-likeness (QED) is 0.838. The molecule has 0 bridgehead atoms. The van der Waals surface area contributed by atoms with E-state index in [-0.39, 0.29) is 24.4 Å². The Hall–Kier alpha value is -1.83. The molecular formula is C15H20F3N3O2. The lowest BCUT2D eigenvalue weighted by atomic mass is 10.1. The van der Waals surface area contributed by atoms with E-state index in [1.54, 1.807) is 4.90 Å². The van der Waals surface area contributed by atoms with Crippen LogP contribution in [0.25, 0.3) is 0 Å². The van der Waals surface area contributed by atoms with Crippen molar-refractivity contribution in [1.82, 2.24) is 14.4 Å². The summed E-state index contributed by atoms with van der Waals surface area (Å²) < 4.78 is 39.0. The lowest BCUT2D eigenvalue weighted by Crippen LogP contribution is -2.38. The Morgan fingerprint density at radius 3 is 2.48 bits per heavy atom. The molecule has 0 aliphatic carbocycles. The monoisotopic (exact) mass is 331 g/mol. The van der Waals surface area contributed by atoms with Crippen LogP contribution in [0.3, 0.4) is 0 Å². The zero-order chi connectivity index (χ0) is 17.4. The van der Waals surface area contributed by atoms with Gasteiger partial charge in [0.15, 0.2) is 0 Å². The number of likely N-dealkylation sites (N-methyl/N-ethyl adjacent to an activating group) is 1. The van der Waals surface area contributed by atoms with Crippen LogP contribution in [0.2, 0.25) is 0 Å². The van der Waals surface area contributed by atoms with Crippen LogP contribution >= 0.6 is 0 Å². The number of likely N-dealkylation sites (tertiary alicyclic amines) is 1. The normalized spacial score (nSPS) is 22.0. The molecule has 2 rings (SSSR count). The molecule has 2 heterocycles. The van der Waals surface area contributed by atoms with Gasteiger partial charge >= 0.3 is 6.18 Å². The molecule has 5 nitrogen and oxygen atoms in total. The third kappa shape index (κ3) is 3.93. The summed E-state index contributed by atoms with van der Waals surface area (Å²) in [6.45, 7) is 2.69. The Morgan fingerprint density at radius 2 is 1.96 bits per heavy atom. The molecule has 2 atom stereocenters. The summed E-state index contributed by atoms with van der Waals surface area (Å²) in [4.78, 5) is 27.6. The fourth-order valence-electron chi connectivity index (χ4n) is 2.89. The molecule has 0 spiro atoms. The molecule has 1 saturated heterocycles. The van der Waals surface area contributed by atoms with Gasteiger partial charge in [-0.3, -0.25) is 9.59 Å². The van der Waals surface area contributed by atoms with E-state index in [1.807, 2.05) is 25.9 Å². The fourth-order valence-corrected chi connectivity index (χ4v) is 2.89. The van der Waals surface area contributed by atoms with E-state index in [1.165, 1.54) is 0 Å². The van der Waals surface area contributed by atoms with Crippen molar-refractivity contribution in [3.8, 4) is 0 Å². The number of hydrogen-bond acceptors (Lipinski definition) is 3. The number of halogens is 3. The maximum atomic E-state index is 12.7. The largest absolute Gasteiger partial charge is 0.417 e. The van der Waals surface area contributed by atoms with Crippen molar-refractivity contribution in [3.05, 3.63) is 34.2 Å². The minimum atomic E-state index is -4.54. The van der Waals surface area contributed by atoms with E-state index in [2.05, 4.69) is 0 Å². The van der Waals surface area contributed by atoms with E-state index in [9.17, 15) is 22.8 Å². The molecule has 1 aromatic heterocycles. The summed E-state index contributed by atoms with van der Waals surface area (Å²) in [5.74, 6) is -0.0743. The van der Waals surface area contributed by atoms with Gasteiger partial charge in [0.1, 0.15) is 6.54 Å². The fraction of sp³-hybridized carbons (Fsp3) is 0.600. The number of carbonyl (C=O) groups excluding carboxylic acids is 1. The third-order valence-corrected chi connectivity index (χ3v) is 4.21. The minimum absolute atomic E-state index is 0.206. The highest BCUT2D eigenvalue weighted by Gasteiger charge is 2.34. The number of hydrogen-bond donors (Lipinski definition) is 0. The highest BCUT2D eigenvalue weighted by atomic mass is 19.4. The van der Waals surface area contributed by atoms with Crippen LogP contribution in [0.4, 0.5) is 13.2 Å². The van der Waals surface area contributed by atoms with E-state index >= 15 is 0 Å². The second-order valence-corrected chi connectivity index (χ2v) is 6.19. The summed E-state index contributed by atoms with van der Waals surface area (Å²) in [6, 6.07) is 1.77. The number of amides is 1. The SMILES string of the molecule is CC1CN(C(=O)Cn2cc(C(F)(F)F)ccc2=O)CC1N(C)C. The highest BCUT2D eigenvalue weighted by Crippen LogP contribution is 2.28. The van der Waals surface area contributed by atoms with E-state index in [0.29, 0.717) is 19.3 Å². The average molecular weight is 331 g/mol. The van der Waals surface area contributed by atoms with Gasteiger partial charge in [-0.2, -0.15) is 13.2 Å². The lowest BCUT2D eigenvalue weighted by molar-refractivity contribution is -0.138. The van der Waals surface area contributed by atoms with Gasteiger partial charge in [-0.15, -0.1) is 0 Å². The summed E-state index contributed by atoms with van der Waals surface area (Å²) >= 11 is 0. The first-order valence-corrected chi connectivity index (χ1v) is 7.31. The first-order chi connectivity index (χ1) is 10.6. The third-order valence-electron chi connectivity index (χ3n) is 4.21. The van der Waals surface area contributed by atoms with Crippen LogP contribution < -0.4 is 5.56 Å². The molecule has 23 heavy (non-hydrogen) atoms.